The van der Waals surface area contributed by atoms with E-state index in [0.717, 1.165) is 18.5 Å². The van der Waals surface area contributed by atoms with Crippen molar-refractivity contribution >= 4 is 27.5 Å². The van der Waals surface area contributed by atoms with Crippen LogP contribution in [-0.4, -0.2) is 13.6 Å². The quantitative estimate of drug-likeness (QED) is 0.829. The molecule has 0 atom stereocenters. The molecule has 13 heavy (non-hydrogen) atoms. The number of hydrogen-bond acceptors (Lipinski definition) is 1. The third-order valence-corrected chi connectivity index (χ3v) is 2.56. The molecule has 0 bridgehead atoms. The fraction of sp³-hybridized carbons (Fsp3) is 0.333. The van der Waals surface area contributed by atoms with Crippen LogP contribution in [0.2, 0.25) is 5.02 Å². The Morgan fingerprint density at radius 2 is 2.23 bits per heavy atom. The highest BCUT2D eigenvalue weighted by atomic mass is 79.9. The fourth-order valence-electron chi connectivity index (χ4n) is 1.02. The average molecular weight is 267 g/mol. The highest BCUT2D eigenvalue weighted by Crippen LogP contribution is 2.25. The van der Waals surface area contributed by atoms with Crippen LogP contribution in [0.25, 0.3) is 0 Å². The molecule has 1 aromatic carbocycles. The molecule has 0 saturated carbocycles. The van der Waals surface area contributed by atoms with Gasteiger partial charge in [-0.15, -0.1) is 0 Å². The molecule has 0 radical (unpaired) electrons. The first kappa shape index (κ1) is 11.0. The zero-order valence-corrected chi connectivity index (χ0v) is 9.54. The minimum atomic E-state index is -0.394. The van der Waals surface area contributed by atoms with Gasteiger partial charge in [0.15, 0.2) is 5.82 Å². The van der Waals surface area contributed by atoms with Crippen LogP contribution < -0.4 is 5.32 Å². The van der Waals surface area contributed by atoms with Crippen molar-refractivity contribution in [3.63, 3.8) is 0 Å². The Bertz CT molecular complexity index is 281. The van der Waals surface area contributed by atoms with Gasteiger partial charge in [0.25, 0.3) is 0 Å². The van der Waals surface area contributed by atoms with Gasteiger partial charge in [-0.3, -0.25) is 0 Å². The van der Waals surface area contributed by atoms with Crippen LogP contribution in [-0.2, 0) is 6.42 Å². The van der Waals surface area contributed by atoms with Crippen LogP contribution in [0, 0.1) is 5.82 Å². The Hall–Kier alpha value is -0.120. The second-order valence-electron chi connectivity index (χ2n) is 2.73. The lowest BCUT2D eigenvalue weighted by atomic mass is 10.1. The van der Waals surface area contributed by atoms with Crippen molar-refractivity contribution in [3.8, 4) is 0 Å². The van der Waals surface area contributed by atoms with Gasteiger partial charge in [-0.2, -0.15) is 0 Å². The maximum Gasteiger partial charge on any atom is 0.155 e. The summed E-state index contributed by atoms with van der Waals surface area (Å²) in [6.45, 7) is 0.856. The van der Waals surface area contributed by atoms with Gasteiger partial charge in [0.1, 0.15) is 0 Å². The molecule has 0 heterocycles. The molecule has 0 spiro atoms. The molecule has 1 N–H and O–H groups in total. The first-order valence-electron chi connectivity index (χ1n) is 3.93. The Kier molecular flexibility index (Phi) is 4.16. The van der Waals surface area contributed by atoms with E-state index in [9.17, 15) is 4.39 Å². The minimum absolute atomic E-state index is 0.167. The van der Waals surface area contributed by atoms with Crippen molar-refractivity contribution in [1.82, 2.24) is 5.32 Å². The van der Waals surface area contributed by atoms with Gasteiger partial charge >= 0.3 is 0 Å². The van der Waals surface area contributed by atoms with Crippen molar-refractivity contribution in [2.75, 3.05) is 13.6 Å². The zero-order valence-electron chi connectivity index (χ0n) is 7.20. The lowest BCUT2D eigenvalue weighted by molar-refractivity contribution is 0.620. The smallest absolute Gasteiger partial charge is 0.155 e. The van der Waals surface area contributed by atoms with E-state index in [-0.39, 0.29) is 5.02 Å². The van der Waals surface area contributed by atoms with Crippen LogP contribution in [0.3, 0.4) is 0 Å². The predicted molar refractivity (Wildman–Crippen MR) is 56.7 cm³/mol. The predicted octanol–water partition coefficient (Wildman–Crippen LogP) is 3.00. The molecule has 0 unspecified atom stereocenters. The first-order valence-corrected chi connectivity index (χ1v) is 5.10. The van der Waals surface area contributed by atoms with Gasteiger partial charge in [0.2, 0.25) is 0 Å². The van der Waals surface area contributed by atoms with Gasteiger partial charge in [-0.25, -0.2) is 4.39 Å². The zero-order chi connectivity index (χ0) is 9.84. The van der Waals surface area contributed by atoms with Gasteiger partial charge in [0.05, 0.1) is 9.50 Å². The molecular formula is C9H10BrClFN. The molecule has 1 rings (SSSR count). The molecule has 4 heteroatoms. The summed E-state index contributed by atoms with van der Waals surface area (Å²) in [5.41, 5.74) is 1.02. The number of nitrogens with one attached hydrogen (secondary N) is 1. The second-order valence-corrected chi connectivity index (χ2v) is 3.99. The Labute approximate surface area is 90.4 Å². The summed E-state index contributed by atoms with van der Waals surface area (Å²) >= 11 is 8.78. The largest absolute Gasteiger partial charge is 0.319 e. The van der Waals surface area contributed by atoms with E-state index in [4.69, 9.17) is 11.6 Å². The van der Waals surface area contributed by atoms with E-state index in [2.05, 4.69) is 21.2 Å². The number of halogens is 3. The van der Waals surface area contributed by atoms with Crippen molar-refractivity contribution in [2.24, 2.45) is 0 Å². The lowest BCUT2D eigenvalue weighted by Gasteiger charge is -2.04. The summed E-state index contributed by atoms with van der Waals surface area (Å²) in [6.07, 6.45) is 0.842. The van der Waals surface area contributed by atoms with Gasteiger partial charge in [-0.05, 0) is 53.6 Å². The topological polar surface area (TPSA) is 12.0 Å². The number of hydrogen-bond donors (Lipinski definition) is 1. The van der Waals surface area contributed by atoms with Crippen LogP contribution >= 0.6 is 27.5 Å². The monoisotopic (exact) mass is 265 g/mol. The molecular weight excluding hydrogens is 256 g/mol. The van der Waals surface area contributed by atoms with E-state index in [1.807, 2.05) is 7.05 Å². The van der Waals surface area contributed by atoms with E-state index in [1.165, 1.54) is 0 Å². The van der Waals surface area contributed by atoms with Crippen LogP contribution in [0.4, 0.5) is 4.39 Å². The molecule has 0 aromatic heterocycles. The summed E-state index contributed by atoms with van der Waals surface area (Å²) in [7, 11) is 1.88. The van der Waals surface area contributed by atoms with Crippen LogP contribution in [0.1, 0.15) is 5.56 Å². The molecule has 0 aliphatic rings. The maximum atomic E-state index is 13.0. The fourth-order valence-corrected chi connectivity index (χ4v) is 1.89. The number of likely N-dealkylation sites (N-methyl/N-ethyl adjacent to an activating group) is 1. The molecule has 0 aliphatic carbocycles. The maximum absolute atomic E-state index is 13.0. The molecule has 0 aliphatic heterocycles. The van der Waals surface area contributed by atoms with Crippen LogP contribution in [0.5, 0.6) is 0 Å². The Balaban J connectivity index is 2.86. The van der Waals surface area contributed by atoms with E-state index < -0.39 is 5.82 Å². The Morgan fingerprint density at radius 3 is 2.77 bits per heavy atom. The average Bonchev–Trinajstić information content (AvgIpc) is 2.10. The summed E-state index contributed by atoms with van der Waals surface area (Å²) in [5, 5.41) is 3.18. The standard InChI is InChI=1S/C9H10BrClFN/c1-13-3-2-6-4-7(10)9(12)8(11)5-6/h4-5,13H,2-3H2,1H3. The summed E-state index contributed by atoms with van der Waals surface area (Å²) < 4.78 is 13.5. The van der Waals surface area contributed by atoms with Crippen molar-refractivity contribution in [2.45, 2.75) is 6.42 Å². The SMILES string of the molecule is CNCCc1cc(Cl)c(F)c(Br)c1. The summed E-state index contributed by atoms with van der Waals surface area (Å²) in [6, 6.07) is 3.40. The van der Waals surface area contributed by atoms with Gasteiger partial charge < -0.3 is 5.32 Å². The van der Waals surface area contributed by atoms with Crippen molar-refractivity contribution in [1.29, 1.82) is 0 Å². The van der Waals surface area contributed by atoms with E-state index >= 15 is 0 Å². The highest BCUT2D eigenvalue weighted by molar-refractivity contribution is 9.10. The molecule has 0 fully saturated rings. The molecule has 72 valence electrons. The van der Waals surface area contributed by atoms with Gasteiger partial charge in [0, 0.05) is 0 Å². The number of rotatable bonds is 3. The molecule has 0 saturated heterocycles. The first-order chi connectivity index (χ1) is 6.15. The normalized spacial score (nSPS) is 10.5. The summed E-state index contributed by atoms with van der Waals surface area (Å²) in [5.74, 6) is -0.394. The van der Waals surface area contributed by atoms with Crippen molar-refractivity contribution in [3.05, 3.63) is 33.0 Å². The Morgan fingerprint density at radius 1 is 1.54 bits per heavy atom. The molecule has 1 nitrogen and oxygen atoms in total. The third kappa shape index (κ3) is 2.93. The third-order valence-electron chi connectivity index (χ3n) is 1.71. The second kappa shape index (κ2) is 4.94. The van der Waals surface area contributed by atoms with Gasteiger partial charge in [-0.1, -0.05) is 11.6 Å². The van der Waals surface area contributed by atoms with Crippen LogP contribution in [0.15, 0.2) is 16.6 Å². The van der Waals surface area contributed by atoms with E-state index in [1.54, 1.807) is 12.1 Å². The minimum Gasteiger partial charge on any atom is -0.319 e. The molecule has 0 amide bonds. The number of benzene rings is 1. The lowest BCUT2D eigenvalue weighted by Crippen LogP contribution is -2.10. The highest BCUT2D eigenvalue weighted by Gasteiger charge is 2.06. The molecule has 1 aromatic rings. The van der Waals surface area contributed by atoms with Crippen molar-refractivity contribution < 1.29 is 4.39 Å². The summed E-state index contributed by atoms with van der Waals surface area (Å²) in [4.78, 5) is 0. The van der Waals surface area contributed by atoms with E-state index in [0.29, 0.717) is 4.47 Å².